The second-order valence-electron chi connectivity index (χ2n) is 7.90. The zero-order valence-corrected chi connectivity index (χ0v) is 16.6. The van der Waals surface area contributed by atoms with Crippen LogP contribution in [0.5, 0.6) is 0 Å². The standard InChI is InChI=1S/C23H28N4O2/c24-21-16-27(15-20(21)18-7-2-1-3-8-18)22(28)10-12-25-23(29)26-13-11-17-6-4-5-9-19(17)14-26/h1-9,20-21H,10-16,24H2,(H,25,29)/t20-,21+/m0/s1. The van der Waals surface area contributed by atoms with E-state index in [1.807, 2.05) is 40.1 Å². The van der Waals surface area contributed by atoms with Crippen LogP contribution in [-0.4, -0.2) is 54.0 Å². The first-order valence-electron chi connectivity index (χ1n) is 10.3. The number of fused-ring (bicyclic) bond motifs is 1. The lowest BCUT2D eigenvalue weighted by Crippen LogP contribution is -2.44. The maximum atomic E-state index is 12.6. The van der Waals surface area contributed by atoms with Crippen molar-refractivity contribution in [3.63, 3.8) is 0 Å². The summed E-state index contributed by atoms with van der Waals surface area (Å²) in [7, 11) is 0. The minimum absolute atomic E-state index is 0.0446. The van der Waals surface area contributed by atoms with Crippen LogP contribution in [0.25, 0.3) is 0 Å². The molecule has 0 aromatic heterocycles. The summed E-state index contributed by atoms with van der Waals surface area (Å²) in [6.07, 6.45) is 1.17. The predicted octanol–water partition coefficient (Wildman–Crippen LogP) is 2.10. The van der Waals surface area contributed by atoms with E-state index >= 15 is 0 Å². The van der Waals surface area contributed by atoms with Crippen molar-refractivity contribution in [2.24, 2.45) is 5.73 Å². The molecule has 1 saturated heterocycles. The Morgan fingerprint density at radius 2 is 1.69 bits per heavy atom. The summed E-state index contributed by atoms with van der Waals surface area (Å²) >= 11 is 0. The fourth-order valence-electron chi connectivity index (χ4n) is 4.30. The maximum Gasteiger partial charge on any atom is 0.317 e. The number of hydrogen-bond donors (Lipinski definition) is 2. The van der Waals surface area contributed by atoms with E-state index in [1.54, 1.807) is 0 Å². The lowest BCUT2D eigenvalue weighted by atomic mass is 9.95. The molecule has 1 fully saturated rings. The number of hydrogen-bond acceptors (Lipinski definition) is 3. The van der Waals surface area contributed by atoms with Crippen LogP contribution in [0.3, 0.4) is 0 Å². The van der Waals surface area contributed by atoms with Crippen LogP contribution in [0.2, 0.25) is 0 Å². The minimum Gasteiger partial charge on any atom is -0.340 e. The van der Waals surface area contributed by atoms with Crippen molar-refractivity contribution in [2.75, 3.05) is 26.2 Å². The third kappa shape index (κ3) is 4.43. The van der Waals surface area contributed by atoms with Crippen molar-refractivity contribution in [2.45, 2.75) is 31.3 Å². The van der Waals surface area contributed by atoms with Gasteiger partial charge in [-0.25, -0.2) is 4.79 Å². The zero-order valence-electron chi connectivity index (χ0n) is 16.6. The van der Waals surface area contributed by atoms with Gasteiger partial charge in [0, 0.05) is 51.1 Å². The molecular formula is C23H28N4O2. The quantitative estimate of drug-likeness (QED) is 0.836. The van der Waals surface area contributed by atoms with Crippen LogP contribution >= 0.6 is 0 Å². The zero-order chi connectivity index (χ0) is 20.2. The summed E-state index contributed by atoms with van der Waals surface area (Å²) in [6.45, 7) is 2.87. The van der Waals surface area contributed by atoms with Crippen LogP contribution in [0.15, 0.2) is 54.6 Å². The van der Waals surface area contributed by atoms with E-state index in [0.29, 0.717) is 39.1 Å². The normalized spacial score (nSPS) is 21.0. The van der Waals surface area contributed by atoms with Crippen molar-refractivity contribution in [1.29, 1.82) is 0 Å². The van der Waals surface area contributed by atoms with Gasteiger partial charge in [0.15, 0.2) is 0 Å². The number of benzene rings is 2. The smallest absolute Gasteiger partial charge is 0.317 e. The Balaban J connectivity index is 1.24. The molecule has 152 valence electrons. The van der Waals surface area contributed by atoms with Crippen molar-refractivity contribution in [1.82, 2.24) is 15.1 Å². The second-order valence-corrected chi connectivity index (χ2v) is 7.90. The average Bonchev–Trinajstić information content (AvgIpc) is 3.15. The van der Waals surface area contributed by atoms with E-state index < -0.39 is 0 Å². The number of urea groups is 1. The van der Waals surface area contributed by atoms with Gasteiger partial charge in [-0.2, -0.15) is 0 Å². The molecule has 3 N–H and O–H groups in total. The van der Waals surface area contributed by atoms with Gasteiger partial charge < -0.3 is 20.9 Å². The van der Waals surface area contributed by atoms with Gasteiger partial charge in [-0.15, -0.1) is 0 Å². The summed E-state index contributed by atoms with van der Waals surface area (Å²) in [5, 5.41) is 2.90. The molecule has 0 unspecified atom stereocenters. The Kier molecular flexibility index (Phi) is 5.81. The summed E-state index contributed by atoms with van der Waals surface area (Å²) in [6, 6.07) is 18.2. The molecule has 0 radical (unpaired) electrons. The summed E-state index contributed by atoms with van der Waals surface area (Å²) in [5.74, 6) is 0.214. The Hall–Kier alpha value is -2.86. The number of nitrogens with zero attached hydrogens (tertiary/aromatic N) is 2. The molecule has 0 aliphatic carbocycles. The Labute approximate surface area is 171 Å². The highest BCUT2D eigenvalue weighted by Crippen LogP contribution is 2.26. The summed E-state index contributed by atoms with van der Waals surface area (Å²) in [5.41, 5.74) is 9.96. The van der Waals surface area contributed by atoms with Gasteiger partial charge in [-0.3, -0.25) is 4.79 Å². The van der Waals surface area contributed by atoms with Crippen LogP contribution in [-0.2, 0) is 17.8 Å². The van der Waals surface area contributed by atoms with Gasteiger partial charge in [0.05, 0.1) is 0 Å². The number of nitrogens with one attached hydrogen (secondary N) is 1. The molecule has 3 amide bonds. The van der Waals surface area contributed by atoms with Crippen LogP contribution in [0.1, 0.15) is 29.0 Å². The van der Waals surface area contributed by atoms with Gasteiger partial charge >= 0.3 is 6.03 Å². The molecule has 0 saturated carbocycles. The highest BCUT2D eigenvalue weighted by atomic mass is 16.2. The molecule has 6 heteroatoms. The molecule has 2 atom stereocenters. The number of carbonyl (C=O) groups is 2. The van der Waals surface area contributed by atoms with E-state index in [2.05, 4.69) is 29.6 Å². The molecule has 2 aliphatic heterocycles. The molecule has 4 rings (SSSR count). The van der Waals surface area contributed by atoms with Gasteiger partial charge in [0.2, 0.25) is 5.91 Å². The summed E-state index contributed by atoms with van der Waals surface area (Å²) in [4.78, 5) is 28.7. The topological polar surface area (TPSA) is 78.7 Å². The van der Waals surface area contributed by atoms with E-state index in [1.165, 1.54) is 16.7 Å². The van der Waals surface area contributed by atoms with Crippen LogP contribution in [0.4, 0.5) is 4.79 Å². The molecule has 29 heavy (non-hydrogen) atoms. The van der Waals surface area contributed by atoms with E-state index in [4.69, 9.17) is 5.73 Å². The molecule has 0 spiro atoms. The van der Waals surface area contributed by atoms with E-state index in [9.17, 15) is 9.59 Å². The first-order chi connectivity index (χ1) is 14.1. The molecular weight excluding hydrogens is 364 g/mol. The number of nitrogens with two attached hydrogens (primary N) is 1. The van der Waals surface area contributed by atoms with Crippen molar-refractivity contribution in [3.05, 3.63) is 71.3 Å². The van der Waals surface area contributed by atoms with Crippen molar-refractivity contribution < 1.29 is 9.59 Å². The summed E-state index contributed by atoms with van der Waals surface area (Å²) < 4.78 is 0. The maximum absolute atomic E-state index is 12.6. The lowest BCUT2D eigenvalue weighted by Gasteiger charge is -2.29. The highest BCUT2D eigenvalue weighted by Gasteiger charge is 2.33. The van der Waals surface area contributed by atoms with E-state index in [-0.39, 0.29) is 23.9 Å². The second kappa shape index (κ2) is 8.66. The number of carbonyl (C=O) groups excluding carboxylic acids is 2. The molecule has 0 bridgehead atoms. The Morgan fingerprint density at radius 3 is 2.48 bits per heavy atom. The average molecular weight is 393 g/mol. The van der Waals surface area contributed by atoms with Crippen LogP contribution in [0, 0.1) is 0 Å². The molecule has 2 heterocycles. The van der Waals surface area contributed by atoms with Gasteiger partial charge in [0.1, 0.15) is 0 Å². The Bertz CT molecular complexity index is 870. The molecule has 2 aromatic rings. The third-order valence-electron chi connectivity index (χ3n) is 5.98. The Morgan fingerprint density at radius 1 is 0.966 bits per heavy atom. The molecule has 2 aliphatic rings. The van der Waals surface area contributed by atoms with Gasteiger partial charge in [-0.1, -0.05) is 54.6 Å². The van der Waals surface area contributed by atoms with Gasteiger partial charge in [-0.05, 0) is 23.1 Å². The number of likely N-dealkylation sites (tertiary alicyclic amines) is 1. The third-order valence-corrected chi connectivity index (χ3v) is 5.98. The highest BCUT2D eigenvalue weighted by molar-refractivity contribution is 5.79. The monoisotopic (exact) mass is 392 g/mol. The fourth-order valence-corrected chi connectivity index (χ4v) is 4.30. The van der Waals surface area contributed by atoms with E-state index in [0.717, 1.165) is 6.42 Å². The molecule has 2 aromatic carbocycles. The van der Waals surface area contributed by atoms with Crippen molar-refractivity contribution >= 4 is 11.9 Å². The fraction of sp³-hybridized carbons (Fsp3) is 0.391. The largest absolute Gasteiger partial charge is 0.340 e. The SMILES string of the molecule is N[C@@H]1CN(C(=O)CCNC(=O)N2CCc3ccccc3C2)C[C@H]1c1ccccc1. The lowest BCUT2D eigenvalue weighted by molar-refractivity contribution is -0.130. The first-order valence-corrected chi connectivity index (χ1v) is 10.3. The predicted molar refractivity (Wildman–Crippen MR) is 112 cm³/mol. The van der Waals surface area contributed by atoms with Gasteiger partial charge in [0.25, 0.3) is 0 Å². The first kappa shape index (κ1) is 19.5. The number of rotatable bonds is 4. The van der Waals surface area contributed by atoms with Crippen molar-refractivity contribution in [3.8, 4) is 0 Å². The minimum atomic E-state index is -0.104. The number of amides is 3. The van der Waals surface area contributed by atoms with Crippen LogP contribution < -0.4 is 11.1 Å². The molecule has 6 nitrogen and oxygen atoms in total.